The molecule has 0 saturated carbocycles. The molecule has 0 radical (unpaired) electrons. The summed E-state index contributed by atoms with van der Waals surface area (Å²) in [4.78, 5) is 11.5. The molecular formula is C15H14N2O4S. The van der Waals surface area contributed by atoms with Crippen LogP contribution in [-0.2, 0) is 17.1 Å². The highest BCUT2D eigenvalue weighted by atomic mass is 32.2. The quantitative estimate of drug-likeness (QED) is 0.803. The van der Waals surface area contributed by atoms with Gasteiger partial charge in [-0.05, 0) is 36.8 Å². The van der Waals surface area contributed by atoms with E-state index < -0.39 is 15.8 Å². The fourth-order valence-corrected chi connectivity index (χ4v) is 3.32. The summed E-state index contributed by atoms with van der Waals surface area (Å²) < 4.78 is 33.8. The van der Waals surface area contributed by atoms with Crippen molar-refractivity contribution < 1.29 is 12.8 Å². The maximum absolute atomic E-state index is 12.5. The van der Waals surface area contributed by atoms with E-state index in [9.17, 15) is 13.2 Å². The van der Waals surface area contributed by atoms with Crippen molar-refractivity contribution in [2.75, 3.05) is 4.72 Å². The number of hydrogen-bond donors (Lipinski definition) is 1. The molecule has 0 atom stereocenters. The van der Waals surface area contributed by atoms with E-state index in [1.165, 1.54) is 29.8 Å². The first-order valence-corrected chi connectivity index (χ1v) is 8.05. The minimum absolute atomic E-state index is 0.0691. The van der Waals surface area contributed by atoms with Gasteiger partial charge < -0.3 is 4.42 Å². The Morgan fingerprint density at radius 3 is 2.59 bits per heavy atom. The van der Waals surface area contributed by atoms with Crippen molar-refractivity contribution in [2.45, 2.75) is 11.8 Å². The fraction of sp³-hybridized carbons (Fsp3) is 0.133. The molecule has 0 fully saturated rings. The number of nitrogens with one attached hydrogen (secondary N) is 1. The average Bonchev–Trinajstić information content (AvgIpc) is 2.76. The smallest absolute Gasteiger partial charge is 0.408 e. The Hall–Kier alpha value is -2.54. The third kappa shape index (κ3) is 2.39. The first kappa shape index (κ1) is 14.4. The van der Waals surface area contributed by atoms with Crippen LogP contribution >= 0.6 is 0 Å². The van der Waals surface area contributed by atoms with E-state index in [1.807, 2.05) is 19.1 Å². The van der Waals surface area contributed by atoms with Gasteiger partial charge in [-0.25, -0.2) is 13.2 Å². The van der Waals surface area contributed by atoms with Gasteiger partial charge in [0.2, 0.25) is 0 Å². The predicted octanol–water partition coefficient (Wildman–Crippen LogP) is 2.24. The molecule has 1 heterocycles. The maximum atomic E-state index is 12.5. The van der Waals surface area contributed by atoms with Crippen LogP contribution in [0.3, 0.4) is 0 Å². The van der Waals surface area contributed by atoms with E-state index in [-0.39, 0.29) is 4.90 Å². The van der Waals surface area contributed by atoms with Gasteiger partial charge in [0, 0.05) is 7.05 Å². The number of fused-ring (bicyclic) bond motifs is 1. The molecule has 0 unspecified atom stereocenters. The van der Waals surface area contributed by atoms with E-state index in [1.54, 1.807) is 12.1 Å². The second-order valence-electron chi connectivity index (χ2n) is 4.98. The lowest BCUT2D eigenvalue weighted by molar-refractivity contribution is 0.528. The van der Waals surface area contributed by atoms with Crippen LogP contribution < -0.4 is 10.5 Å². The molecule has 114 valence electrons. The standard InChI is InChI=1S/C15H14N2O4S/c1-10-5-3-4-6-12(10)16-22(19,20)11-7-8-14-13(9-11)17(2)15(18)21-14/h3-9,16H,1-2H3. The van der Waals surface area contributed by atoms with Crippen molar-refractivity contribution >= 4 is 26.8 Å². The second kappa shape index (κ2) is 5.03. The fourth-order valence-electron chi connectivity index (χ4n) is 2.16. The van der Waals surface area contributed by atoms with Gasteiger partial charge in [0.1, 0.15) is 0 Å². The third-order valence-corrected chi connectivity index (χ3v) is 4.83. The van der Waals surface area contributed by atoms with Crippen LogP contribution in [0.5, 0.6) is 0 Å². The Labute approximate surface area is 127 Å². The Morgan fingerprint density at radius 1 is 1.14 bits per heavy atom. The topological polar surface area (TPSA) is 81.3 Å². The summed E-state index contributed by atoms with van der Waals surface area (Å²) in [7, 11) is -2.21. The molecule has 0 bridgehead atoms. The van der Waals surface area contributed by atoms with Gasteiger partial charge in [-0.1, -0.05) is 18.2 Å². The monoisotopic (exact) mass is 318 g/mol. The lowest BCUT2D eigenvalue weighted by atomic mass is 10.2. The summed E-state index contributed by atoms with van der Waals surface area (Å²) in [5, 5.41) is 0. The van der Waals surface area contributed by atoms with Crippen LogP contribution in [0.2, 0.25) is 0 Å². The summed E-state index contributed by atoms with van der Waals surface area (Å²) in [6.07, 6.45) is 0. The average molecular weight is 318 g/mol. The van der Waals surface area contributed by atoms with Crippen LogP contribution in [0.25, 0.3) is 11.1 Å². The van der Waals surface area contributed by atoms with Gasteiger partial charge in [-0.3, -0.25) is 9.29 Å². The molecule has 0 spiro atoms. The summed E-state index contributed by atoms with van der Waals surface area (Å²) >= 11 is 0. The molecule has 2 aromatic carbocycles. The molecule has 6 nitrogen and oxygen atoms in total. The van der Waals surface area contributed by atoms with Gasteiger partial charge in [-0.2, -0.15) is 0 Å². The van der Waals surface area contributed by atoms with E-state index in [0.29, 0.717) is 16.8 Å². The summed E-state index contributed by atoms with van der Waals surface area (Å²) in [5.41, 5.74) is 2.12. The molecule has 22 heavy (non-hydrogen) atoms. The Bertz CT molecular complexity index is 1020. The van der Waals surface area contributed by atoms with Crippen LogP contribution in [-0.4, -0.2) is 13.0 Å². The first-order valence-electron chi connectivity index (χ1n) is 6.56. The number of aromatic nitrogens is 1. The minimum atomic E-state index is -3.74. The predicted molar refractivity (Wildman–Crippen MR) is 83.4 cm³/mol. The Balaban J connectivity index is 2.07. The SMILES string of the molecule is Cc1ccccc1NS(=O)(=O)c1ccc2oc(=O)n(C)c2c1. The third-order valence-electron chi connectivity index (χ3n) is 3.46. The highest BCUT2D eigenvalue weighted by Crippen LogP contribution is 2.22. The molecular weight excluding hydrogens is 304 g/mol. The number of sulfonamides is 1. The van der Waals surface area contributed by atoms with Gasteiger partial charge in [0.05, 0.1) is 16.1 Å². The largest absolute Gasteiger partial charge is 0.419 e. The van der Waals surface area contributed by atoms with Crippen molar-refractivity contribution in [3.8, 4) is 0 Å². The Kier molecular flexibility index (Phi) is 3.29. The molecule has 1 aromatic heterocycles. The van der Waals surface area contributed by atoms with Crippen molar-refractivity contribution in [1.29, 1.82) is 0 Å². The van der Waals surface area contributed by atoms with E-state index >= 15 is 0 Å². The number of nitrogens with zero attached hydrogens (tertiary/aromatic N) is 1. The lowest BCUT2D eigenvalue weighted by Gasteiger charge is -2.10. The van der Waals surface area contributed by atoms with E-state index in [4.69, 9.17) is 4.42 Å². The molecule has 3 aromatic rings. The zero-order valence-electron chi connectivity index (χ0n) is 12.0. The number of benzene rings is 2. The van der Waals surface area contributed by atoms with Gasteiger partial charge in [-0.15, -0.1) is 0 Å². The van der Waals surface area contributed by atoms with Crippen molar-refractivity contribution in [1.82, 2.24) is 4.57 Å². The van der Waals surface area contributed by atoms with Gasteiger partial charge >= 0.3 is 5.76 Å². The summed E-state index contributed by atoms with van der Waals surface area (Å²) in [6.45, 7) is 1.82. The zero-order valence-corrected chi connectivity index (χ0v) is 12.8. The molecule has 0 aliphatic rings. The van der Waals surface area contributed by atoms with Crippen LogP contribution in [0.4, 0.5) is 5.69 Å². The number of para-hydroxylation sites is 1. The Morgan fingerprint density at radius 2 is 1.86 bits per heavy atom. The number of rotatable bonds is 3. The minimum Gasteiger partial charge on any atom is -0.408 e. The lowest BCUT2D eigenvalue weighted by Crippen LogP contribution is -2.14. The number of aryl methyl sites for hydroxylation is 2. The van der Waals surface area contributed by atoms with Gasteiger partial charge in [0.15, 0.2) is 5.58 Å². The highest BCUT2D eigenvalue weighted by molar-refractivity contribution is 7.92. The number of oxazole rings is 1. The summed E-state index contributed by atoms with van der Waals surface area (Å²) in [6, 6.07) is 11.4. The van der Waals surface area contributed by atoms with Crippen molar-refractivity contribution in [3.63, 3.8) is 0 Å². The van der Waals surface area contributed by atoms with Crippen molar-refractivity contribution in [3.05, 3.63) is 58.6 Å². The van der Waals surface area contributed by atoms with Crippen LogP contribution in [0.1, 0.15) is 5.56 Å². The van der Waals surface area contributed by atoms with E-state index in [0.717, 1.165) is 5.56 Å². The second-order valence-corrected chi connectivity index (χ2v) is 6.66. The molecule has 3 rings (SSSR count). The van der Waals surface area contributed by atoms with Crippen LogP contribution in [0, 0.1) is 6.92 Å². The molecule has 0 saturated heterocycles. The highest BCUT2D eigenvalue weighted by Gasteiger charge is 2.17. The maximum Gasteiger partial charge on any atom is 0.419 e. The number of hydrogen-bond acceptors (Lipinski definition) is 4. The zero-order chi connectivity index (χ0) is 15.9. The van der Waals surface area contributed by atoms with Crippen LogP contribution in [0.15, 0.2) is 56.6 Å². The normalized spacial score (nSPS) is 11.7. The molecule has 7 heteroatoms. The molecule has 0 amide bonds. The first-order chi connectivity index (χ1) is 10.4. The summed E-state index contributed by atoms with van der Waals surface area (Å²) in [5.74, 6) is -0.531. The van der Waals surface area contributed by atoms with E-state index in [2.05, 4.69) is 4.72 Å². The molecule has 0 aliphatic carbocycles. The van der Waals surface area contributed by atoms with Crippen molar-refractivity contribution in [2.24, 2.45) is 7.05 Å². The number of anilines is 1. The molecule has 0 aliphatic heterocycles. The van der Waals surface area contributed by atoms with Gasteiger partial charge in [0.25, 0.3) is 10.0 Å². The molecule has 1 N–H and O–H groups in total.